The van der Waals surface area contributed by atoms with Crippen molar-refractivity contribution >= 4 is 24.8 Å². The lowest BCUT2D eigenvalue weighted by Gasteiger charge is -2.29. The van der Waals surface area contributed by atoms with Crippen LogP contribution >= 0.6 is 18.8 Å². The highest BCUT2D eigenvalue weighted by atomic mass is 31.0. The summed E-state index contributed by atoms with van der Waals surface area (Å²) < 4.78 is 2.25. The number of aliphatic carboxylic acids is 1. The molecule has 1 aliphatic rings. The van der Waals surface area contributed by atoms with Gasteiger partial charge in [0.15, 0.2) is 0 Å². The molecule has 1 aliphatic heterocycles. The van der Waals surface area contributed by atoms with Crippen molar-refractivity contribution in [1.82, 2.24) is 9.76 Å². The van der Waals surface area contributed by atoms with Gasteiger partial charge in [-0.05, 0) is 31.6 Å². The fourth-order valence-corrected chi connectivity index (χ4v) is 2.53. The second kappa shape index (κ2) is 10.2. The Hall–Kier alpha value is 0.250. The van der Waals surface area contributed by atoms with Gasteiger partial charge in [0, 0.05) is 13.1 Å². The molecule has 3 atom stereocenters. The third kappa shape index (κ3) is 7.31. The van der Waals surface area contributed by atoms with Crippen LogP contribution in [0.5, 0.6) is 0 Å². The van der Waals surface area contributed by atoms with E-state index in [9.17, 15) is 4.79 Å². The van der Waals surface area contributed by atoms with E-state index in [1.807, 2.05) is 13.8 Å². The summed E-state index contributed by atoms with van der Waals surface area (Å²) in [5.41, 5.74) is 0. The molecule has 0 spiro atoms. The molecule has 1 saturated heterocycles. The van der Waals surface area contributed by atoms with Crippen LogP contribution in [0.2, 0.25) is 0 Å². The molecule has 1 heterocycles. The van der Waals surface area contributed by atoms with Crippen molar-refractivity contribution in [3.8, 4) is 0 Å². The van der Waals surface area contributed by atoms with Crippen molar-refractivity contribution in [2.24, 2.45) is 5.92 Å². The second-order valence-corrected chi connectivity index (χ2v) is 5.18. The molecule has 0 aromatic heterocycles. The first-order valence-electron chi connectivity index (χ1n) is 6.32. The van der Waals surface area contributed by atoms with Gasteiger partial charge in [0.2, 0.25) is 0 Å². The highest BCUT2D eigenvalue weighted by molar-refractivity contribution is 7.13. The summed E-state index contributed by atoms with van der Waals surface area (Å²) >= 11 is 0. The molecule has 0 saturated carbocycles. The molecule has 0 amide bonds. The molecular weight excluding hydrogens is 254 g/mol. The minimum Gasteiger partial charge on any atom is -0.480 e. The van der Waals surface area contributed by atoms with Crippen LogP contribution in [0.25, 0.3) is 0 Å². The largest absolute Gasteiger partial charge is 0.480 e. The summed E-state index contributed by atoms with van der Waals surface area (Å²) in [4.78, 5) is 10.8. The molecule has 1 rings (SSSR count). The number of carbonyl (C=O) groups is 1. The van der Waals surface area contributed by atoms with Crippen LogP contribution in [0.3, 0.4) is 0 Å². The summed E-state index contributed by atoms with van der Waals surface area (Å²) in [5.74, 6) is -0.0597. The Morgan fingerprint density at radius 1 is 1.47 bits per heavy atom. The van der Waals surface area contributed by atoms with Crippen LogP contribution in [-0.2, 0) is 4.79 Å². The monoisotopic (exact) mass is 280 g/mol. The summed E-state index contributed by atoms with van der Waals surface area (Å²) in [6.07, 6.45) is 4.11. The maximum Gasteiger partial charge on any atom is 0.320 e. The molecule has 17 heavy (non-hydrogen) atoms. The molecule has 2 unspecified atom stereocenters. The SMILES string of the molecule is CC.O=C(O)[C@H](CCC1CCN(P)CC1)NP. The number of nitrogens with one attached hydrogen (secondary N) is 1. The number of hydrogen-bond donors (Lipinski definition) is 2. The number of carboxylic acid groups (broad SMARTS) is 1. The second-order valence-electron chi connectivity index (χ2n) is 4.11. The van der Waals surface area contributed by atoms with E-state index in [-0.39, 0.29) is 0 Å². The zero-order valence-corrected chi connectivity index (χ0v) is 13.2. The van der Waals surface area contributed by atoms with Gasteiger partial charge in [0.1, 0.15) is 6.04 Å². The fourth-order valence-electron chi connectivity index (χ4n) is 1.92. The van der Waals surface area contributed by atoms with Crippen molar-refractivity contribution in [3.63, 3.8) is 0 Å². The zero-order chi connectivity index (χ0) is 13.3. The van der Waals surface area contributed by atoms with E-state index in [0.29, 0.717) is 5.92 Å². The first kappa shape index (κ1) is 17.2. The minimum atomic E-state index is -0.756. The van der Waals surface area contributed by atoms with E-state index < -0.39 is 12.0 Å². The Morgan fingerprint density at radius 2 is 2.00 bits per heavy atom. The van der Waals surface area contributed by atoms with Crippen molar-refractivity contribution in [1.29, 1.82) is 0 Å². The molecule has 4 nitrogen and oxygen atoms in total. The van der Waals surface area contributed by atoms with Gasteiger partial charge in [-0.25, -0.2) is 0 Å². The normalized spacial score (nSPS) is 19.3. The molecule has 6 heteroatoms. The Kier molecular flexibility index (Phi) is 10.3. The first-order chi connectivity index (χ1) is 8.13. The van der Waals surface area contributed by atoms with Crippen molar-refractivity contribution in [2.45, 2.75) is 45.6 Å². The number of rotatable bonds is 5. The van der Waals surface area contributed by atoms with E-state index in [4.69, 9.17) is 5.11 Å². The Balaban J connectivity index is 0.00000121. The van der Waals surface area contributed by atoms with Crippen LogP contribution in [0.1, 0.15) is 39.5 Å². The van der Waals surface area contributed by atoms with Gasteiger partial charge in [-0.15, -0.1) is 0 Å². The predicted octanol–water partition coefficient (Wildman–Crippen LogP) is 2.13. The molecule has 1 fully saturated rings. The van der Waals surface area contributed by atoms with Gasteiger partial charge in [0.05, 0.1) is 0 Å². The molecule has 0 aliphatic carbocycles. The van der Waals surface area contributed by atoms with Crippen LogP contribution in [0.4, 0.5) is 0 Å². The van der Waals surface area contributed by atoms with Crippen LogP contribution in [0, 0.1) is 5.92 Å². The summed E-state index contributed by atoms with van der Waals surface area (Å²) in [6, 6.07) is -0.413. The maximum atomic E-state index is 10.8. The number of nitrogens with zero attached hydrogens (tertiary/aromatic N) is 1. The fraction of sp³-hybridized carbons (Fsp3) is 0.909. The molecule has 0 radical (unpaired) electrons. The lowest BCUT2D eigenvalue weighted by molar-refractivity contribution is -0.139. The Labute approximate surface area is 109 Å². The van der Waals surface area contributed by atoms with Crippen molar-refractivity contribution in [3.05, 3.63) is 0 Å². The maximum absolute atomic E-state index is 10.8. The third-order valence-corrected chi connectivity index (χ3v) is 3.93. The van der Waals surface area contributed by atoms with Gasteiger partial charge in [0.25, 0.3) is 0 Å². The average molecular weight is 280 g/mol. The Bertz CT molecular complexity index is 210. The molecule has 102 valence electrons. The van der Waals surface area contributed by atoms with Crippen LogP contribution in [-0.4, -0.2) is 34.9 Å². The molecular formula is C11H26N2O2P2. The molecule has 0 bridgehead atoms. The van der Waals surface area contributed by atoms with E-state index in [0.717, 1.165) is 25.9 Å². The minimum absolute atomic E-state index is 0.413. The quantitative estimate of drug-likeness (QED) is 0.758. The average Bonchev–Trinajstić information content (AvgIpc) is 2.34. The van der Waals surface area contributed by atoms with Gasteiger partial charge < -0.3 is 5.11 Å². The number of carboxylic acids is 1. The van der Waals surface area contributed by atoms with Gasteiger partial charge in [-0.2, -0.15) is 0 Å². The number of hydrogen-bond acceptors (Lipinski definition) is 3. The highest BCUT2D eigenvalue weighted by Gasteiger charge is 2.20. The van der Waals surface area contributed by atoms with Crippen LogP contribution < -0.4 is 5.09 Å². The van der Waals surface area contributed by atoms with E-state index >= 15 is 0 Å². The van der Waals surface area contributed by atoms with E-state index in [2.05, 4.69) is 28.5 Å². The summed E-state index contributed by atoms with van der Waals surface area (Å²) in [5, 5.41) is 11.6. The lowest BCUT2D eigenvalue weighted by Crippen LogP contribution is -2.32. The van der Waals surface area contributed by atoms with Crippen molar-refractivity contribution in [2.75, 3.05) is 13.1 Å². The topological polar surface area (TPSA) is 52.6 Å². The zero-order valence-electron chi connectivity index (χ0n) is 10.9. The lowest BCUT2D eigenvalue weighted by atomic mass is 9.91. The van der Waals surface area contributed by atoms with E-state index in [1.54, 1.807) is 0 Å². The van der Waals surface area contributed by atoms with Gasteiger partial charge in [-0.3, -0.25) is 14.6 Å². The standard InChI is InChI=1S/C9H20N2O2P2.C2H6/c12-9(13)8(10-14)2-1-7-3-5-11(15)6-4-7;1-2/h7-8,10H,1-6,14-15H2,(H,12,13);1-2H3/t8-;/m0./s1. The molecule has 0 aromatic rings. The molecule has 0 aromatic carbocycles. The number of piperidine rings is 1. The summed E-state index contributed by atoms with van der Waals surface area (Å²) in [6.45, 7) is 6.22. The van der Waals surface area contributed by atoms with Gasteiger partial charge in [-0.1, -0.05) is 32.6 Å². The smallest absolute Gasteiger partial charge is 0.320 e. The third-order valence-electron chi connectivity index (χ3n) is 3.01. The Morgan fingerprint density at radius 3 is 2.41 bits per heavy atom. The van der Waals surface area contributed by atoms with Crippen LogP contribution in [0.15, 0.2) is 0 Å². The highest BCUT2D eigenvalue weighted by Crippen LogP contribution is 2.24. The molecule has 2 N–H and O–H groups in total. The predicted molar refractivity (Wildman–Crippen MR) is 78.9 cm³/mol. The van der Waals surface area contributed by atoms with E-state index in [1.165, 1.54) is 12.8 Å². The van der Waals surface area contributed by atoms with Crippen molar-refractivity contribution < 1.29 is 9.90 Å². The summed E-state index contributed by atoms with van der Waals surface area (Å²) in [7, 11) is 5.01. The first-order valence-corrected chi connectivity index (χ1v) is 7.41. The van der Waals surface area contributed by atoms with Gasteiger partial charge >= 0.3 is 5.97 Å².